The maximum atomic E-state index is 5.59. The average molecular weight is 236 g/mol. The standard InChI is InChI=1S/C10H12N4OS/c1-2-16-10(12-1)6-15-5-9-7-3-11-4-8(7)13-14-9/h1-2,11H,3-6H2,(H,13,14). The summed E-state index contributed by atoms with van der Waals surface area (Å²) >= 11 is 1.61. The summed E-state index contributed by atoms with van der Waals surface area (Å²) in [4.78, 5) is 4.16. The van der Waals surface area contributed by atoms with E-state index in [1.165, 1.54) is 11.3 Å². The van der Waals surface area contributed by atoms with E-state index in [0.717, 1.165) is 23.8 Å². The van der Waals surface area contributed by atoms with Gasteiger partial charge in [0.2, 0.25) is 0 Å². The van der Waals surface area contributed by atoms with Crippen molar-refractivity contribution in [2.45, 2.75) is 26.3 Å². The van der Waals surface area contributed by atoms with Gasteiger partial charge in [-0.3, -0.25) is 5.10 Å². The van der Waals surface area contributed by atoms with Gasteiger partial charge in [-0.1, -0.05) is 0 Å². The van der Waals surface area contributed by atoms with Crippen LogP contribution in [0.3, 0.4) is 0 Å². The number of aromatic amines is 1. The number of nitrogens with one attached hydrogen (secondary N) is 2. The molecule has 1 aliphatic heterocycles. The van der Waals surface area contributed by atoms with E-state index in [-0.39, 0.29) is 0 Å². The largest absolute Gasteiger partial charge is 0.368 e. The molecule has 0 radical (unpaired) electrons. The zero-order valence-electron chi connectivity index (χ0n) is 8.69. The second kappa shape index (κ2) is 4.32. The van der Waals surface area contributed by atoms with E-state index in [1.807, 2.05) is 5.38 Å². The van der Waals surface area contributed by atoms with Crippen molar-refractivity contribution >= 4 is 11.3 Å². The van der Waals surface area contributed by atoms with Crippen molar-refractivity contribution in [3.63, 3.8) is 0 Å². The second-order valence-electron chi connectivity index (χ2n) is 3.65. The highest BCUT2D eigenvalue weighted by molar-refractivity contribution is 7.09. The molecule has 1 aliphatic rings. The summed E-state index contributed by atoms with van der Waals surface area (Å²) in [6.45, 7) is 2.89. The molecule has 0 saturated carbocycles. The van der Waals surface area contributed by atoms with E-state index in [2.05, 4.69) is 20.5 Å². The molecule has 3 heterocycles. The minimum Gasteiger partial charge on any atom is -0.368 e. The lowest BCUT2D eigenvalue weighted by atomic mass is 10.2. The number of H-pyrrole nitrogens is 1. The van der Waals surface area contributed by atoms with Gasteiger partial charge in [-0.15, -0.1) is 11.3 Å². The molecule has 3 rings (SSSR count). The summed E-state index contributed by atoms with van der Waals surface area (Å²) in [6.07, 6.45) is 1.79. The van der Waals surface area contributed by atoms with Crippen molar-refractivity contribution in [1.82, 2.24) is 20.5 Å². The predicted octanol–water partition coefficient (Wildman–Crippen LogP) is 1.19. The average Bonchev–Trinajstić information content (AvgIpc) is 2.95. The number of thiazole rings is 1. The van der Waals surface area contributed by atoms with Crippen LogP contribution in [0.25, 0.3) is 0 Å². The number of aromatic nitrogens is 3. The smallest absolute Gasteiger partial charge is 0.118 e. The van der Waals surface area contributed by atoms with Gasteiger partial charge in [0, 0.05) is 30.2 Å². The van der Waals surface area contributed by atoms with Crippen LogP contribution in [-0.4, -0.2) is 15.2 Å². The third-order valence-corrected chi connectivity index (χ3v) is 3.34. The summed E-state index contributed by atoms with van der Waals surface area (Å²) in [5, 5.41) is 13.5. The Bertz CT molecular complexity index is 465. The van der Waals surface area contributed by atoms with E-state index < -0.39 is 0 Å². The lowest BCUT2D eigenvalue weighted by Gasteiger charge is -2.00. The van der Waals surface area contributed by atoms with Gasteiger partial charge in [0.1, 0.15) is 5.01 Å². The number of rotatable bonds is 4. The van der Waals surface area contributed by atoms with Crippen LogP contribution >= 0.6 is 11.3 Å². The predicted molar refractivity (Wildman–Crippen MR) is 59.7 cm³/mol. The zero-order valence-corrected chi connectivity index (χ0v) is 9.51. The lowest BCUT2D eigenvalue weighted by molar-refractivity contribution is 0.104. The lowest BCUT2D eigenvalue weighted by Crippen LogP contribution is -2.04. The highest BCUT2D eigenvalue weighted by Crippen LogP contribution is 2.17. The fourth-order valence-electron chi connectivity index (χ4n) is 1.79. The van der Waals surface area contributed by atoms with Crippen molar-refractivity contribution in [2.75, 3.05) is 0 Å². The van der Waals surface area contributed by atoms with Crippen molar-refractivity contribution < 1.29 is 4.74 Å². The second-order valence-corrected chi connectivity index (χ2v) is 4.63. The monoisotopic (exact) mass is 236 g/mol. The van der Waals surface area contributed by atoms with Gasteiger partial charge in [-0.25, -0.2) is 4.98 Å². The first kappa shape index (κ1) is 9.95. The summed E-state index contributed by atoms with van der Waals surface area (Å²) in [5.74, 6) is 0. The Kier molecular flexibility index (Phi) is 2.69. The summed E-state index contributed by atoms with van der Waals surface area (Å²) < 4.78 is 5.59. The molecule has 2 aromatic rings. The Morgan fingerprint density at radius 1 is 1.38 bits per heavy atom. The van der Waals surface area contributed by atoms with Crippen LogP contribution in [0.4, 0.5) is 0 Å². The molecule has 0 spiro atoms. The van der Waals surface area contributed by atoms with Crippen molar-refractivity contribution in [3.05, 3.63) is 33.5 Å². The summed E-state index contributed by atoms with van der Waals surface area (Å²) in [5.41, 5.74) is 3.46. The minimum atomic E-state index is 0.549. The van der Waals surface area contributed by atoms with Crippen LogP contribution in [0.15, 0.2) is 11.6 Å². The van der Waals surface area contributed by atoms with E-state index in [9.17, 15) is 0 Å². The van der Waals surface area contributed by atoms with Gasteiger partial charge in [-0.2, -0.15) is 5.10 Å². The number of ether oxygens (including phenoxy) is 1. The molecular weight excluding hydrogens is 224 g/mol. The van der Waals surface area contributed by atoms with Gasteiger partial charge < -0.3 is 10.1 Å². The van der Waals surface area contributed by atoms with Crippen LogP contribution in [0.2, 0.25) is 0 Å². The van der Waals surface area contributed by atoms with Crippen LogP contribution in [0.5, 0.6) is 0 Å². The number of nitrogens with zero attached hydrogens (tertiary/aromatic N) is 2. The van der Waals surface area contributed by atoms with E-state index in [1.54, 1.807) is 17.5 Å². The topological polar surface area (TPSA) is 62.8 Å². The third-order valence-electron chi connectivity index (χ3n) is 2.59. The fourth-order valence-corrected chi connectivity index (χ4v) is 2.34. The summed E-state index contributed by atoms with van der Waals surface area (Å²) in [7, 11) is 0. The molecule has 0 aromatic carbocycles. The Morgan fingerprint density at radius 3 is 3.25 bits per heavy atom. The first-order chi connectivity index (χ1) is 7.93. The van der Waals surface area contributed by atoms with E-state index in [0.29, 0.717) is 13.2 Å². The van der Waals surface area contributed by atoms with E-state index in [4.69, 9.17) is 4.74 Å². The third kappa shape index (κ3) is 1.87. The van der Waals surface area contributed by atoms with Gasteiger partial charge in [0.25, 0.3) is 0 Å². The van der Waals surface area contributed by atoms with Crippen molar-refractivity contribution in [1.29, 1.82) is 0 Å². The molecular formula is C10H12N4OS. The van der Waals surface area contributed by atoms with Crippen LogP contribution < -0.4 is 5.32 Å². The van der Waals surface area contributed by atoms with Crippen molar-refractivity contribution in [3.8, 4) is 0 Å². The molecule has 0 unspecified atom stereocenters. The Balaban J connectivity index is 1.58. The Morgan fingerprint density at radius 2 is 2.38 bits per heavy atom. The van der Waals surface area contributed by atoms with Crippen molar-refractivity contribution in [2.24, 2.45) is 0 Å². The molecule has 84 valence electrons. The molecule has 0 fully saturated rings. The van der Waals surface area contributed by atoms with Crippen LogP contribution in [-0.2, 0) is 31.0 Å². The van der Waals surface area contributed by atoms with Gasteiger partial charge in [0.15, 0.2) is 0 Å². The molecule has 0 saturated heterocycles. The molecule has 2 aromatic heterocycles. The molecule has 0 aliphatic carbocycles. The van der Waals surface area contributed by atoms with Crippen LogP contribution in [0, 0.1) is 0 Å². The molecule has 6 heteroatoms. The first-order valence-corrected chi connectivity index (χ1v) is 6.03. The molecule has 5 nitrogen and oxygen atoms in total. The zero-order chi connectivity index (χ0) is 10.8. The highest BCUT2D eigenvalue weighted by Gasteiger charge is 2.17. The SMILES string of the molecule is c1csc(COCc2n[nH]c3c2CNC3)n1. The maximum absolute atomic E-state index is 5.59. The normalized spacial score (nSPS) is 14.2. The number of hydrogen-bond donors (Lipinski definition) is 2. The Hall–Kier alpha value is -1.24. The highest BCUT2D eigenvalue weighted by atomic mass is 32.1. The molecule has 0 amide bonds. The maximum Gasteiger partial charge on any atom is 0.118 e. The van der Waals surface area contributed by atoms with Gasteiger partial charge in [-0.05, 0) is 0 Å². The fraction of sp³-hybridized carbons (Fsp3) is 0.400. The molecule has 2 N–H and O–H groups in total. The molecule has 16 heavy (non-hydrogen) atoms. The van der Waals surface area contributed by atoms with E-state index >= 15 is 0 Å². The van der Waals surface area contributed by atoms with Gasteiger partial charge >= 0.3 is 0 Å². The van der Waals surface area contributed by atoms with Crippen LogP contribution in [0.1, 0.15) is 22.0 Å². The summed E-state index contributed by atoms with van der Waals surface area (Å²) in [6, 6.07) is 0. The number of hydrogen-bond acceptors (Lipinski definition) is 5. The number of fused-ring (bicyclic) bond motifs is 1. The quantitative estimate of drug-likeness (QED) is 0.837. The minimum absolute atomic E-state index is 0.549. The Labute approximate surface area is 96.9 Å². The molecule has 0 atom stereocenters. The first-order valence-electron chi connectivity index (χ1n) is 5.15. The van der Waals surface area contributed by atoms with Gasteiger partial charge in [0.05, 0.1) is 24.6 Å². The molecule has 0 bridgehead atoms.